The quantitative estimate of drug-likeness (QED) is 0.293. The molecule has 0 saturated heterocycles. The second-order valence-electron chi connectivity index (χ2n) is 5.59. The zero-order chi connectivity index (χ0) is 20.8. The number of nitro groups is 1. The first-order chi connectivity index (χ1) is 13.2. The zero-order valence-corrected chi connectivity index (χ0v) is 18.0. The number of nitrogens with zero attached hydrogens (tertiary/aromatic N) is 2. The number of hydrazone groups is 1. The number of anilines is 1. The maximum atomic E-state index is 12.0. The first kappa shape index (κ1) is 21.6. The van der Waals surface area contributed by atoms with E-state index in [1.165, 1.54) is 7.11 Å². The number of methoxy groups -OCH3 is 1. The maximum Gasteiger partial charge on any atom is 0.274 e. The van der Waals surface area contributed by atoms with Crippen LogP contribution in [0.4, 0.5) is 11.4 Å². The summed E-state index contributed by atoms with van der Waals surface area (Å²) in [6.45, 7) is 1.88. The number of carbonyl (C=O) groups excluding carboxylic acids is 1. The maximum absolute atomic E-state index is 12.0. The fourth-order valence-corrected chi connectivity index (χ4v) is 3.92. The lowest BCUT2D eigenvalue weighted by Gasteiger charge is -2.11. The molecule has 2 aromatic carbocycles. The first-order valence-corrected chi connectivity index (χ1v) is 9.38. The minimum absolute atomic E-state index is 0.0309. The van der Waals surface area contributed by atoms with Gasteiger partial charge in [0, 0.05) is 20.6 Å². The highest BCUT2D eigenvalue weighted by atomic mass is 79.9. The summed E-state index contributed by atoms with van der Waals surface area (Å²) < 4.78 is 6.49. The molecule has 0 aliphatic carbocycles. The third-order valence-electron chi connectivity index (χ3n) is 3.52. The van der Waals surface area contributed by atoms with Crippen molar-refractivity contribution in [3.63, 3.8) is 0 Å². The molecule has 0 aromatic heterocycles. The van der Waals surface area contributed by atoms with Crippen molar-refractivity contribution in [1.82, 2.24) is 5.43 Å². The Hall–Kier alpha value is -2.66. The Morgan fingerprint density at radius 1 is 1.32 bits per heavy atom. The lowest BCUT2D eigenvalue weighted by Crippen LogP contribution is -2.26. The fraction of sp³-hybridized carbons (Fsp3) is 0.176. The number of nitro benzene ring substituents is 1. The van der Waals surface area contributed by atoms with Gasteiger partial charge in [0.1, 0.15) is 0 Å². The highest BCUT2D eigenvalue weighted by Crippen LogP contribution is 2.33. The predicted octanol–water partition coefficient (Wildman–Crippen LogP) is 3.70. The van der Waals surface area contributed by atoms with Crippen molar-refractivity contribution in [2.24, 2.45) is 5.10 Å². The molecule has 0 spiro atoms. The molecule has 3 N–H and O–H groups in total. The highest BCUT2D eigenvalue weighted by Gasteiger charge is 2.16. The molecule has 2 rings (SSSR count). The van der Waals surface area contributed by atoms with Crippen LogP contribution >= 0.6 is 31.9 Å². The molecule has 0 atom stereocenters. The van der Waals surface area contributed by atoms with Crippen molar-refractivity contribution in [2.45, 2.75) is 6.92 Å². The second kappa shape index (κ2) is 9.51. The number of phenolic OH excluding ortho intramolecular Hbond substituents is 1. The summed E-state index contributed by atoms with van der Waals surface area (Å²) >= 11 is 6.85. The molecule has 0 unspecified atom stereocenters. The summed E-state index contributed by atoms with van der Waals surface area (Å²) in [6.07, 6.45) is 1.10. The van der Waals surface area contributed by atoms with Crippen LogP contribution in [0.1, 0.15) is 11.1 Å². The number of non-ortho nitro benzene ring substituents is 1. The Morgan fingerprint density at radius 2 is 1.96 bits per heavy atom. The molecule has 11 heteroatoms. The molecular weight excluding hydrogens is 500 g/mol. The number of aromatic hydroxyl groups is 1. The standard InChI is InChI=1S/C17H16Br2N4O5/c1-9-3-12(18)16(13(19)4-9)20-8-15(24)22-21-7-10-5-11(23(26)27)6-14(28-2)17(10)25/h3-7,20,25H,8H2,1-2H3,(H,22,24)/b21-7-. The number of benzene rings is 2. The molecule has 0 saturated carbocycles. The van der Waals surface area contributed by atoms with Crippen molar-refractivity contribution in [3.8, 4) is 11.5 Å². The van der Waals surface area contributed by atoms with Crippen LogP contribution in [0.25, 0.3) is 0 Å². The Balaban J connectivity index is 2.04. The molecule has 0 radical (unpaired) electrons. The van der Waals surface area contributed by atoms with E-state index in [9.17, 15) is 20.0 Å². The van der Waals surface area contributed by atoms with E-state index in [-0.39, 0.29) is 29.3 Å². The van der Waals surface area contributed by atoms with Gasteiger partial charge in [0.2, 0.25) is 0 Å². The van der Waals surface area contributed by atoms with Gasteiger partial charge in [-0.25, -0.2) is 5.43 Å². The number of hydrogen-bond acceptors (Lipinski definition) is 7. The van der Waals surface area contributed by atoms with Gasteiger partial charge < -0.3 is 15.2 Å². The Morgan fingerprint density at radius 3 is 2.54 bits per heavy atom. The van der Waals surface area contributed by atoms with E-state index in [1.54, 1.807) is 0 Å². The Bertz CT molecular complexity index is 926. The number of carbonyl (C=O) groups is 1. The van der Waals surface area contributed by atoms with Crippen LogP contribution in [-0.4, -0.2) is 35.8 Å². The smallest absolute Gasteiger partial charge is 0.274 e. The van der Waals surface area contributed by atoms with Crippen LogP contribution < -0.4 is 15.5 Å². The van der Waals surface area contributed by atoms with Crippen LogP contribution in [0.15, 0.2) is 38.3 Å². The molecule has 0 aliphatic heterocycles. The SMILES string of the molecule is COc1cc([N+](=O)[O-])cc(/C=N\NC(=O)CNc2c(Br)cc(C)cc2Br)c1O. The topological polar surface area (TPSA) is 126 Å². The van der Waals surface area contributed by atoms with Gasteiger partial charge in [0.25, 0.3) is 11.6 Å². The van der Waals surface area contributed by atoms with E-state index >= 15 is 0 Å². The van der Waals surface area contributed by atoms with Crippen LogP contribution in [0.3, 0.4) is 0 Å². The van der Waals surface area contributed by atoms with Gasteiger partial charge in [-0.15, -0.1) is 0 Å². The predicted molar refractivity (Wildman–Crippen MR) is 112 cm³/mol. The number of amides is 1. The number of nitrogens with one attached hydrogen (secondary N) is 2. The van der Waals surface area contributed by atoms with Gasteiger partial charge >= 0.3 is 0 Å². The number of rotatable bonds is 7. The van der Waals surface area contributed by atoms with Crippen molar-refractivity contribution in [1.29, 1.82) is 0 Å². The molecule has 1 amide bonds. The van der Waals surface area contributed by atoms with Gasteiger partial charge in [-0.1, -0.05) is 0 Å². The number of halogens is 2. The Labute approximate surface area is 177 Å². The van der Waals surface area contributed by atoms with E-state index in [1.807, 2.05) is 19.1 Å². The summed E-state index contributed by atoms with van der Waals surface area (Å²) in [5, 5.41) is 27.7. The zero-order valence-electron chi connectivity index (χ0n) is 14.8. The van der Waals surface area contributed by atoms with E-state index in [4.69, 9.17) is 4.74 Å². The summed E-state index contributed by atoms with van der Waals surface area (Å²) in [6, 6.07) is 6.02. The van der Waals surface area contributed by atoms with Crippen LogP contribution in [-0.2, 0) is 4.79 Å². The lowest BCUT2D eigenvalue weighted by atomic mass is 10.2. The van der Waals surface area contributed by atoms with Crippen molar-refractivity contribution in [3.05, 3.63) is 54.5 Å². The summed E-state index contributed by atoms with van der Waals surface area (Å²) in [4.78, 5) is 22.3. The third kappa shape index (κ3) is 5.42. The fourth-order valence-electron chi connectivity index (χ4n) is 2.22. The van der Waals surface area contributed by atoms with Crippen molar-refractivity contribution in [2.75, 3.05) is 19.0 Å². The largest absolute Gasteiger partial charge is 0.504 e. The number of ether oxygens (including phenoxy) is 1. The molecule has 0 heterocycles. The second-order valence-corrected chi connectivity index (χ2v) is 7.30. The summed E-state index contributed by atoms with van der Waals surface area (Å²) in [5.41, 5.74) is 3.79. The van der Waals surface area contributed by atoms with Gasteiger partial charge in [-0.3, -0.25) is 14.9 Å². The molecule has 2 aromatic rings. The van der Waals surface area contributed by atoms with E-state index in [0.717, 1.165) is 32.9 Å². The molecule has 0 fully saturated rings. The van der Waals surface area contributed by atoms with E-state index < -0.39 is 10.8 Å². The summed E-state index contributed by atoms with van der Waals surface area (Å²) in [7, 11) is 1.27. The monoisotopic (exact) mass is 514 g/mol. The number of hydrogen-bond donors (Lipinski definition) is 3. The van der Waals surface area contributed by atoms with E-state index in [2.05, 4.69) is 47.7 Å². The molecule has 0 aliphatic rings. The summed E-state index contributed by atoms with van der Waals surface area (Å²) in [5.74, 6) is -0.845. The molecule has 0 bridgehead atoms. The van der Waals surface area contributed by atoms with Gasteiger partial charge in [-0.05, 0) is 56.5 Å². The third-order valence-corrected chi connectivity index (χ3v) is 4.78. The average Bonchev–Trinajstić information content (AvgIpc) is 2.61. The Kier molecular flexibility index (Phi) is 7.35. The lowest BCUT2D eigenvalue weighted by molar-refractivity contribution is -0.385. The van der Waals surface area contributed by atoms with E-state index in [0.29, 0.717) is 5.69 Å². The molecule has 28 heavy (non-hydrogen) atoms. The average molecular weight is 516 g/mol. The van der Waals surface area contributed by atoms with Gasteiger partial charge in [-0.2, -0.15) is 5.10 Å². The van der Waals surface area contributed by atoms with Crippen LogP contribution in [0.2, 0.25) is 0 Å². The highest BCUT2D eigenvalue weighted by molar-refractivity contribution is 9.11. The normalized spacial score (nSPS) is 10.7. The van der Waals surface area contributed by atoms with Crippen LogP contribution in [0.5, 0.6) is 11.5 Å². The number of phenols is 1. The molecule has 9 nitrogen and oxygen atoms in total. The number of aryl methyl sites for hydroxylation is 1. The minimum atomic E-state index is -0.626. The molecular formula is C17H16Br2N4O5. The van der Waals surface area contributed by atoms with Crippen LogP contribution in [0, 0.1) is 17.0 Å². The molecule has 148 valence electrons. The van der Waals surface area contributed by atoms with Gasteiger partial charge in [0.05, 0.1) is 36.5 Å². The van der Waals surface area contributed by atoms with Crippen molar-refractivity contribution >= 4 is 55.4 Å². The minimum Gasteiger partial charge on any atom is -0.504 e. The van der Waals surface area contributed by atoms with Crippen molar-refractivity contribution < 1.29 is 19.6 Å². The first-order valence-electron chi connectivity index (χ1n) is 7.79. The van der Waals surface area contributed by atoms with Gasteiger partial charge in [0.15, 0.2) is 11.5 Å².